The third-order valence-electron chi connectivity index (χ3n) is 3.91. The quantitative estimate of drug-likeness (QED) is 0.915. The number of aryl methyl sites for hydroxylation is 2. The second kappa shape index (κ2) is 6.07. The summed E-state index contributed by atoms with van der Waals surface area (Å²) in [6.45, 7) is 7.14. The van der Waals surface area contributed by atoms with Crippen LogP contribution in [0.2, 0.25) is 0 Å². The molecule has 1 aliphatic heterocycles. The van der Waals surface area contributed by atoms with E-state index in [4.69, 9.17) is 0 Å². The van der Waals surface area contributed by atoms with Gasteiger partial charge in [0.15, 0.2) is 0 Å². The van der Waals surface area contributed by atoms with Crippen molar-refractivity contribution < 1.29 is 9.59 Å². The van der Waals surface area contributed by atoms with Gasteiger partial charge < -0.3 is 10.2 Å². The molecule has 1 aliphatic rings. The highest BCUT2D eigenvalue weighted by atomic mass is 16.2. The minimum atomic E-state index is -0.378. The van der Waals surface area contributed by atoms with Gasteiger partial charge in [0, 0.05) is 19.5 Å². The Labute approximate surface area is 120 Å². The zero-order chi connectivity index (χ0) is 14.7. The lowest BCUT2D eigenvalue weighted by molar-refractivity contribution is -0.134. The monoisotopic (exact) mass is 274 g/mol. The molecule has 0 spiro atoms. The van der Waals surface area contributed by atoms with E-state index in [1.165, 1.54) is 11.1 Å². The van der Waals surface area contributed by atoms with Crippen LogP contribution in [-0.2, 0) is 16.1 Å². The summed E-state index contributed by atoms with van der Waals surface area (Å²) in [5.74, 6) is -0.00985. The van der Waals surface area contributed by atoms with Crippen molar-refractivity contribution in [1.82, 2.24) is 10.2 Å². The van der Waals surface area contributed by atoms with Crippen molar-refractivity contribution in [1.29, 1.82) is 0 Å². The SMILES string of the molecule is CCC1NC(=O)CCN(Cc2ccc(C)c(C)c2)C1=O. The molecule has 108 valence electrons. The Hall–Kier alpha value is -1.84. The molecule has 1 saturated heterocycles. The van der Waals surface area contributed by atoms with Gasteiger partial charge in [-0.3, -0.25) is 9.59 Å². The van der Waals surface area contributed by atoms with Gasteiger partial charge in [0.05, 0.1) is 0 Å². The molecule has 4 heteroatoms. The molecule has 0 aliphatic carbocycles. The fourth-order valence-corrected chi connectivity index (χ4v) is 2.45. The Morgan fingerprint density at radius 3 is 2.65 bits per heavy atom. The summed E-state index contributed by atoms with van der Waals surface area (Å²) in [6, 6.07) is 5.87. The molecular weight excluding hydrogens is 252 g/mol. The van der Waals surface area contributed by atoms with E-state index < -0.39 is 0 Å². The number of hydrogen-bond acceptors (Lipinski definition) is 2. The summed E-state index contributed by atoms with van der Waals surface area (Å²) in [5.41, 5.74) is 3.59. The highest BCUT2D eigenvalue weighted by Crippen LogP contribution is 2.15. The average Bonchev–Trinajstić information content (AvgIpc) is 2.55. The summed E-state index contributed by atoms with van der Waals surface area (Å²) in [7, 11) is 0. The maximum atomic E-state index is 12.4. The van der Waals surface area contributed by atoms with E-state index >= 15 is 0 Å². The van der Waals surface area contributed by atoms with E-state index in [0.717, 1.165) is 5.56 Å². The standard InChI is InChI=1S/C16H22N2O2/c1-4-14-16(20)18(8-7-15(19)17-14)10-13-6-5-11(2)12(3)9-13/h5-6,9,14H,4,7-8,10H2,1-3H3,(H,17,19). The zero-order valence-electron chi connectivity index (χ0n) is 12.4. The molecule has 0 saturated carbocycles. The third-order valence-corrected chi connectivity index (χ3v) is 3.91. The maximum Gasteiger partial charge on any atom is 0.245 e. The molecule has 2 amide bonds. The van der Waals surface area contributed by atoms with Gasteiger partial charge in [0.2, 0.25) is 11.8 Å². The Kier molecular flexibility index (Phi) is 4.42. The lowest BCUT2D eigenvalue weighted by Crippen LogP contribution is -2.43. The van der Waals surface area contributed by atoms with E-state index in [2.05, 4.69) is 37.4 Å². The van der Waals surface area contributed by atoms with Crippen molar-refractivity contribution in [2.75, 3.05) is 6.54 Å². The summed E-state index contributed by atoms with van der Waals surface area (Å²) < 4.78 is 0. The molecule has 1 unspecified atom stereocenters. The van der Waals surface area contributed by atoms with Gasteiger partial charge in [-0.1, -0.05) is 25.1 Å². The lowest BCUT2D eigenvalue weighted by Gasteiger charge is -2.23. The highest BCUT2D eigenvalue weighted by Gasteiger charge is 2.28. The van der Waals surface area contributed by atoms with Crippen LogP contribution < -0.4 is 5.32 Å². The summed E-state index contributed by atoms with van der Waals surface area (Å²) in [4.78, 5) is 25.8. The molecule has 0 aromatic heterocycles. The summed E-state index contributed by atoms with van der Waals surface area (Å²) in [6.07, 6.45) is 1.01. The fraction of sp³-hybridized carbons (Fsp3) is 0.500. The molecule has 1 fully saturated rings. The van der Waals surface area contributed by atoms with Gasteiger partial charge in [-0.2, -0.15) is 0 Å². The molecule has 20 heavy (non-hydrogen) atoms. The van der Waals surface area contributed by atoms with Crippen LogP contribution in [0.5, 0.6) is 0 Å². The van der Waals surface area contributed by atoms with Crippen molar-refractivity contribution in [3.63, 3.8) is 0 Å². The average molecular weight is 274 g/mol. The second-order valence-corrected chi connectivity index (χ2v) is 5.46. The van der Waals surface area contributed by atoms with Gasteiger partial charge in [0.1, 0.15) is 6.04 Å². The highest BCUT2D eigenvalue weighted by molar-refractivity contribution is 5.89. The number of carbonyl (C=O) groups is 2. The van der Waals surface area contributed by atoms with Crippen LogP contribution in [0.3, 0.4) is 0 Å². The van der Waals surface area contributed by atoms with Crippen molar-refractivity contribution in [3.8, 4) is 0 Å². The van der Waals surface area contributed by atoms with Crippen LogP contribution in [0.25, 0.3) is 0 Å². The first-order chi connectivity index (χ1) is 9.51. The van der Waals surface area contributed by atoms with E-state index in [9.17, 15) is 9.59 Å². The second-order valence-electron chi connectivity index (χ2n) is 5.46. The topological polar surface area (TPSA) is 49.4 Å². The Bertz CT molecular complexity index is 525. The van der Waals surface area contributed by atoms with Crippen LogP contribution in [0.4, 0.5) is 0 Å². The summed E-state index contributed by atoms with van der Waals surface area (Å²) >= 11 is 0. The molecule has 0 radical (unpaired) electrons. The molecule has 1 aromatic rings. The molecule has 1 atom stereocenters. The van der Waals surface area contributed by atoms with Gasteiger partial charge in [0.25, 0.3) is 0 Å². The van der Waals surface area contributed by atoms with Crippen LogP contribution in [0.15, 0.2) is 18.2 Å². The van der Waals surface area contributed by atoms with Crippen LogP contribution >= 0.6 is 0 Å². The minimum absolute atomic E-state index is 0.0246. The molecular formula is C16H22N2O2. The predicted octanol–water partition coefficient (Wildman–Crippen LogP) is 1.93. The number of carbonyl (C=O) groups excluding carboxylic acids is 2. The number of amides is 2. The maximum absolute atomic E-state index is 12.4. The summed E-state index contributed by atoms with van der Waals surface area (Å²) in [5, 5.41) is 2.78. The lowest BCUT2D eigenvalue weighted by atomic mass is 10.1. The number of rotatable bonds is 3. The van der Waals surface area contributed by atoms with Gasteiger partial charge in [-0.25, -0.2) is 0 Å². The van der Waals surface area contributed by atoms with E-state index in [1.54, 1.807) is 4.90 Å². The molecule has 2 rings (SSSR count). The van der Waals surface area contributed by atoms with Crippen molar-refractivity contribution in [2.45, 2.75) is 46.2 Å². The van der Waals surface area contributed by atoms with Gasteiger partial charge >= 0.3 is 0 Å². The predicted molar refractivity (Wildman–Crippen MR) is 78.2 cm³/mol. The fourth-order valence-electron chi connectivity index (χ4n) is 2.45. The van der Waals surface area contributed by atoms with Crippen LogP contribution in [-0.4, -0.2) is 29.3 Å². The molecule has 1 N–H and O–H groups in total. The van der Waals surface area contributed by atoms with Crippen molar-refractivity contribution in [3.05, 3.63) is 34.9 Å². The smallest absolute Gasteiger partial charge is 0.245 e. The largest absolute Gasteiger partial charge is 0.344 e. The first kappa shape index (κ1) is 14.6. The first-order valence-electron chi connectivity index (χ1n) is 7.15. The number of nitrogens with one attached hydrogen (secondary N) is 1. The first-order valence-corrected chi connectivity index (χ1v) is 7.15. The van der Waals surface area contributed by atoms with Gasteiger partial charge in [-0.05, 0) is 37.0 Å². The van der Waals surface area contributed by atoms with Crippen LogP contribution in [0, 0.1) is 13.8 Å². The van der Waals surface area contributed by atoms with Crippen molar-refractivity contribution >= 4 is 11.8 Å². The van der Waals surface area contributed by atoms with E-state index in [1.807, 2.05) is 6.92 Å². The number of nitrogens with zero attached hydrogens (tertiary/aromatic N) is 1. The van der Waals surface area contributed by atoms with Gasteiger partial charge in [-0.15, -0.1) is 0 Å². The molecule has 1 aromatic carbocycles. The Morgan fingerprint density at radius 1 is 1.25 bits per heavy atom. The molecule has 0 bridgehead atoms. The Balaban J connectivity index is 2.15. The molecule has 1 heterocycles. The zero-order valence-corrected chi connectivity index (χ0v) is 12.4. The number of hydrogen-bond donors (Lipinski definition) is 1. The van der Waals surface area contributed by atoms with Crippen LogP contribution in [0.1, 0.15) is 36.5 Å². The Morgan fingerprint density at radius 2 is 2.00 bits per heavy atom. The molecule has 4 nitrogen and oxygen atoms in total. The third kappa shape index (κ3) is 3.18. The van der Waals surface area contributed by atoms with E-state index in [-0.39, 0.29) is 17.9 Å². The van der Waals surface area contributed by atoms with E-state index in [0.29, 0.717) is 25.9 Å². The number of benzene rings is 1. The van der Waals surface area contributed by atoms with Crippen molar-refractivity contribution in [2.24, 2.45) is 0 Å². The normalized spacial score (nSPS) is 19.8. The minimum Gasteiger partial charge on any atom is -0.344 e.